The average molecular weight is 583 g/mol. The molecular formula is C21H22F4IN3O4. The molecule has 33 heavy (non-hydrogen) atoms. The van der Waals surface area contributed by atoms with Crippen LogP contribution in [-0.4, -0.2) is 37.5 Å². The first-order valence-corrected chi connectivity index (χ1v) is 10.6. The van der Waals surface area contributed by atoms with Crippen LogP contribution in [0.3, 0.4) is 0 Å². The summed E-state index contributed by atoms with van der Waals surface area (Å²) in [6.45, 7) is 5.75. The van der Waals surface area contributed by atoms with Gasteiger partial charge in [0.05, 0.1) is 6.04 Å². The number of benzene rings is 1. The monoisotopic (exact) mass is 583 g/mol. The summed E-state index contributed by atoms with van der Waals surface area (Å²) in [5.41, 5.74) is -0.773. The van der Waals surface area contributed by atoms with Crippen LogP contribution < -0.4 is 15.4 Å². The molecule has 1 heterocycles. The number of carbonyl (C=O) groups excluding carboxylic acids is 2. The number of amides is 2. The maximum absolute atomic E-state index is 13.5. The summed E-state index contributed by atoms with van der Waals surface area (Å²) < 4.78 is 52.8. The first kappa shape index (κ1) is 26.8. The van der Waals surface area contributed by atoms with E-state index in [4.69, 9.17) is 0 Å². The van der Waals surface area contributed by atoms with Crippen molar-refractivity contribution in [1.82, 2.24) is 10.3 Å². The molecule has 0 radical (unpaired) electrons. The maximum atomic E-state index is 13.5. The van der Waals surface area contributed by atoms with Gasteiger partial charge in [-0.15, -0.1) is 0 Å². The highest BCUT2D eigenvalue weighted by Gasteiger charge is 2.57. The van der Waals surface area contributed by atoms with Crippen molar-refractivity contribution >= 4 is 40.2 Å². The number of rotatable bonds is 8. The zero-order valence-electron chi connectivity index (χ0n) is 18.1. The fourth-order valence-corrected chi connectivity index (χ4v) is 2.66. The van der Waals surface area contributed by atoms with Crippen LogP contribution in [0.1, 0.15) is 48.4 Å². The molecule has 7 nitrogen and oxygen atoms in total. The third-order valence-corrected chi connectivity index (χ3v) is 4.92. The molecule has 2 aromatic rings. The Kier molecular flexibility index (Phi) is 7.94. The van der Waals surface area contributed by atoms with Gasteiger partial charge < -0.3 is 20.5 Å². The van der Waals surface area contributed by atoms with E-state index >= 15 is 0 Å². The highest BCUT2D eigenvalue weighted by molar-refractivity contribution is 14.1. The Balaban J connectivity index is 2.17. The Morgan fingerprint density at radius 1 is 1.15 bits per heavy atom. The Morgan fingerprint density at radius 3 is 2.36 bits per heavy atom. The number of aliphatic hydroxyl groups is 1. The van der Waals surface area contributed by atoms with Crippen molar-refractivity contribution in [2.45, 2.75) is 49.4 Å². The summed E-state index contributed by atoms with van der Waals surface area (Å²) in [5.74, 6) is -1.73. The second-order valence-corrected chi connectivity index (χ2v) is 9.13. The lowest BCUT2D eigenvalue weighted by molar-refractivity contribution is -0.261. The summed E-state index contributed by atoms with van der Waals surface area (Å²) >= 11 is 0.297. The average Bonchev–Trinajstić information content (AvgIpc) is 2.65. The van der Waals surface area contributed by atoms with Crippen molar-refractivity contribution in [3.05, 3.63) is 53.2 Å². The van der Waals surface area contributed by atoms with Crippen molar-refractivity contribution in [2.75, 3.05) is 5.32 Å². The number of nitrogens with zero attached hydrogens (tertiary/aromatic N) is 1. The van der Waals surface area contributed by atoms with E-state index in [2.05, 4.69) is 20.4 Å². The van der Waals surface area contributed by atoms with Gasteiger partial charge in [0, 0.05) is 33.8 Å². The molecule has 12 heteroatoms. The molecule has 0 aliphatic rings. The Bertz CT molecular complexity index is 1040. The van der Waals surface area contributed by atoms with E-state index in [1.165, 1.54) is 38.1 Å². The predicted molar refractivity (Wildman–Crippen MR) is 121 cm³/mol. The first-order valence-electron chi connectivity index (χ1n) is 9.56. The quantitative estimate of drug-likeness (QED) is 0.240. The molecular weight excluding hydrogens is 561 g/mol. The third kappa shape index (κ3) is 7.25. The van der Waals surface area contributed by atoms with E-state index in [1.807, 2.05) is 0 Å². The molecule has 1 atom stereocenters. The second kappa shape index (κ2) is 9.79. The van der Waals surface area contributed by atoms with Crippen LogP contribution in [0.5, 0.6) is 5.75 Å². The van der Waals surface area contributed by atoms with Crippen molar-refractivity contribution < 1.29 is 37.0 Å². The Morgan fingerprint density at radius 2 is 1.79 bits per heavy atom. The number of aromatic nitrogens is 1. The zero-order chi connectivity index (χ0) is 25.2. The molecule has 2 rings (SSSR count). The molecule has 0 aliphatic heterocycles. The molecule has 0 aliphatic carbocycles. The van der Waals surface area contributed by atoms with Gasteiger partial charge in [0.1, 0.15) is 17.2 Å². The normalized spacial score (nSPS) is 13.3. The van der Waals surface area contributed by atoms with Crippen LogP contribution in [0.15, 0.2) is 36.4 Å². The van der Waals surface area contributed by atoms with Gasteiger partial charge in [0.25, 0.3) is 11.8 Å². The third-order valence-electron chi connectivity index (χ3n) is 4.29. The van der Waals surface area contributed by atoms with Crippen molar-refractivity contribution in [2.24, 2.45) is 0 Å². The van der Waals surface area contributed by atoms with Crippen LogP contribution >= 0.6 is 22.6 Å². The number of alkyl halides is 5. The number of hydrogen-bond donors (Lipinski definition) is 3. The molecule has 3 N–H and O–H groups in total. The predicted octanol–water partition coefficient (Wildman–Crippen LogP) is 4.59. The largest absolute Gasteiger partial charge is 0.474 e. The van der Waals surface area contributed by atoms with E-state index in [9.17, 15) is 32.3 Å². The highest BCUT2D eigenvalue weighted by atomic mass is 127. The number of ether oxygens (including phenoxy) is 1. The van der Waals surface area contributed by atoms with Crippen molar-refractivity contribution in [3.8, 4) is 5.75 Å². The van der Waals surface area contributed by atoms with Gasteiger partial charge in [-0.1, -0.05) is 12.1 Å². The van der Waals surface area contributed by atoms with Gasteiger partial charge in [-0.2, -0.15) is 17.6 Å². The smallest absolute Gasteiger partial charge is 0.427 e. The van der Waals surface area contributed by atoms with Crippen molar-refractivity contribution in [3.63, 3.8) is 0 Å². The van der Waals surface area contributed by atoms with Crippen LogP contribution in [0.2, 0.25) is 0 Å². The van der Waals surface area contributed by atoms with Gasteiger partial charge in [-0.25, -0.2) is 4.98 Å². The standard InChI is InChI=1S/C21H22F4IN3O4/c1-11-8-14(10-16(27-11)29-18(31)19(3,4)32)17(30)28-12(2)13-6-5-7-15(9-13)33-21(24,25)20(22,23)26/h5-10,12,32H,1-4H3,(H,28,30)(H,27,29,31)/t12-/m1/s1. The summed E-state index contributed by atoms with van der Waals surface area (Å²) in [7, 11) is 0. The first-order chi connectivity index (χ1) is 15.0. The number of pyridine rings is 1. The number of anilines is 1. The van der Waals surface area contributed by atoms with Gasteiger partial charge in [-0.05, 0) is 57.5 Å². The molecule has 1 aromatic carbocycles. The lowest BCUT2D eigenvalue weighted by Crippen LogP contribution is -2.40. The molecule has 1 aromatic heterocycles. The second-order valence-electron chi connectivity index (χ2n) is 7.78. The Labute approximate surface area is 201 Å². The summed E-state index contributed by atoms with van der Waals surface area (Å²) in [4.78, 5) is 28.8. The summed E-state index contributed by atoms with van der Waals surface area (Å²) in [6, 6.07) is 7.11. The summed E-state index contributed by atoms with van der Waals surface area (Å²) in [5, 5.41) is 14.8. The Hall–Kier alpha value is -2.48. The molecule has 0 saturated carbocycles. The zero-order valence-corrected chi connectivity index (χ0v) is 20.2. The molecule has 0 fully saturated rings. The lowest BCUT2D eigenvalue weighted by atomic mass is 10.1. The fourth-order valence-electron chi connectivity index (χ4n) is 2.55. The molecule has 0 bridgehead atoms. The van der Waals surface area contributed by atoms with Crippen LogP contribution in [-0.2, 0) is 4.79 Å². The van der Waals surface area contributed by atoms with Gasteiger partial charge >= 0.3 is 10.0 Å². The van der Waals surface area contributed by atoms with E-state index in [0.717, 1.165) is 12.1 Å². The molecule has 0 saturated heterocycles. The van der Waals surface area contributed by atoms with Crippen LogP contribution in [0, 0.1) is 6.92 Å². The number of halogens is 5. The summed E-state index contributed by atoms with van der Waals surface area (Å²) in [6.07, 6.45) is -4.72. The molecule has 0 unspecified atom stereocenters. The maximum Gasteiger partial charge on any atom is 0.474 e. The van der Waals surface area contributed by atoms with E-state index in [-0.39, 0.29) is 11.4 Å². The van der Waals surface area contributed by atoms with E-state index in [0.29, 0.717) is 33.8 Å². The topological polar surface area (TPSA) is 101 Å². The number of hydrogen-bond acceptors (Lipinski definition) is 5. The van der Waals surface area contributed by atoms with Crippen LogP contribution in [0.4, 0.5) is 23.4 Å². The van der Waals surface area contributed by atoms with E-state index in [1.54, 1.807) is 13.8 Å². The number of nitrogens with one attached hydrogen (secondary N) is 2. The molecule has 2 amide bonds. The van der Waals surface area contributed by atoms with Gasteiger partial charge in [0.2, 0.25) is 0 Å². The van der Waals surface area contributed by atoms with Crippen molar-refractivity contribution in [1.29, 1.82) is 0 Å². The highest BCUT2D eigenvalue weighted by Crippen LogP contribution is 2.41. The van der Waals surface area contributed by atoms with Gasteiger partial charge in [0.15, 0.2) is 0 Å². The molecule has 0 spiro atoms. The SMILES string of the molecule is Cc1cc(C(=O)N[C@H](C)c2cccc(OC(F)(F)C(F)(F)I)c2)cc(NC(=O)C(C)(C)O)n1. The minimum atomic E-state index is -4.72. The minimum Gasteiger partial charge on any atom is -0.427 e. The minimum absolute atomic E-state index is 0.0530. The van der Waals surface area contributed by atoms with E-state index < -0.39 is 39.2 Å². The lowest BCUT2D eigenvalue weighted by Gasteiger charge is -2.23. The molecule has 180 valence electrons. The fraction of sp³-hybridized carbons (Fsp3) is 0.381. The van der Waals surface area contributed by atoms with Gasteiger partial charge in [-0.3, -0.25) is 9.59 Å². The number of aryl methyl sites for hydroxylation is 1. The van der Waals surface area contributed by atoms with Crippen LogP contribution in [0.25, 0.3) is 0 Å². The number of carbonyl (C=O) groups is 2.